The van der Waals surface area contributed by atoms with Gasteiger partial charge in [-0.05, 0) is 57.3 Å². The molecule has 1 aromatic carbocycles. The fourth-order valence-electron chi connectivity index (χ4n) is 2.16. The Hall–Kier alpha value is -0.930. The molecule has 0 saturated carbocycles. The maximum atomic E-state index is 13.6. The van der Waals surface area contributed by atoms with Gasteiger partial charge in [0.1, 0.15) is 5.82 Å². The Morgan fingerprint density at radius 2 is 2.11 bits per heavy atom. The summed E-state index contributed by atoms with van der Waals surface area (Å²) in [5.41, 5.74) is 0.814. The quantitative estimate of drug-likeness (QED) is 0.683. The van der Waals surface area contributed by atoms with Crippen molar-refractivity contribution in [2.45, 2.75) is 26.2 Å². The minimum atomic E-state index is -0.0941. The van der Waals surface area contributed by atoms with Crippen LogP contribution in [0.3, 0.4) is 0 Å². The predicted octanol–water partition coefficient (Wildman–Crippen LogP) is 3.02. The predicted molar refractivity (Wildman–Crippen MR) is 73.2 cm³/mol. The van der Waals surface area contributed by atoms with Crippen molar-refractivity contribution in [1.29, 1.82) is 0 Å². The lowest BCUT2D eigenvalue weighted by molar-refractivity contribution is 0.139. The topological polar surface area (TPSA) is 21.3 Å². The van der Waals surface area contributed by atoms with E-state index in [1.807, 2.05) is 26.1 Å². The molecule has 1 aromatic rings. The van der Waals surface area contributed by atoms with Gasteiger partial charge < -0.3 is 10.1 Å². The first-order valence-electron chi connectivity index (χ1n) is 6.73. The number of rotatable bonds is 9. The first-order chi connectivity index (χ1) is 8.77. The Balaban J connectivity index is 2.44. The van der Waals surface area contributed by atoms with E-state index in [0.29, 0.717) is 5.92 Å². The summed E-state index contributed by atoms with van der Waals surface area (Å²) in [4.78, 5) is 0. The molecule has 0 aliphatic heterocycles. The molecule has 3 heteroatoms. The van der Waals surface area contributed by atoms with Crippen LogP contribution in [0.25, 0.3) is 0 Å². The number of ether oxygens (including phenoxy) is 1. The molecule has 0 aromatic heterocycles. The minimum Gasteiger partial charge on any atom is -0.382 e. The molecule has 1 N–H and O–H groups in total. The third-order valence-electron chi connectivity index (χ3n) is 3.06. The summed E-state index contributed by atoms with van der Waals surface area (Å²) in [5, 5.41) is 3.19. The molecular formula is C15H24FNO. The second-order valence-corrected chi connectivity index (χ2v) is 4.56. The molecule has 0 saturated heterocycles. The van der Waals surface area contributed by atoms with Crippen molar-refractivity contribution < 1.29 is 9.13 Å². The second-order valence-electron chi connectivity index (χ2n) is 4.56. The van der Waals surface area contributed by atoms with Crippen LogP contribution in [-0.4, -0.2) is 26.8 Å². The number of nitrogens with one attached hydrogen (secondary N) is 1. The average molecular weight is 253 g/mol. The van der Waals surface area contributed by atoms with E-state index in [1.165, 1.54) is 6.07 Å². The third kappa shape index (κ3) is 5.61. The van der Waals surface area contributed by atoms with E-state index < -0.39 is 0 Å². The normalized spacial score (nSPS) is 12.6. The molecule has 0 aliphatic rings. The van der Waals surface area contributed by atoms with Crippen LogP contribution in [-0.2, 0) is 11.2 Å². The number of hydrogen-bond acceptors (Lipinski definition) is 2. The fraction of sp³-hybridized carbons (Fsp3) is 0.600. The second kappa shape index (κ2) is 9.06. The number of hydrogen-bond donors (Lipinski definition) is 1. The number of halogens is 1. The standard InChI is InChI=1S/C15H24FNO/c1-3-18-10-6-7-13(12-17-2)11-14-8-4-5-9-15(14)16/h4-5,8-9,13,17H,3,6-7,10-12H2,1-2H3. The summed E-state index contributed by atoms with van der Waals surface area (Å²) in [5.74, 6) is 0.371. The van der Waals surface area contributed by atoms with E-state index >= 15 is 0 Å². The zero-order valence-electron chi connectivity index (χ0n) is 11.4. The third-order valence-corrected chi connectivity index (χ3v) is 3.06. The van der Waals surface area contributed by atoms with E-state index in [2.05, 4.69) is 5.32 Å². The number of benzene rings is 1. The molecule has 0 fully saturated rings. The molecule has 0 heterocycles. The van der Waals surface area contributed by atoms with Gasteiger partial charge in [-0.3, -0.25) is 0 Å². The summed E-state index contributed by atoms with van der Waals surface area (Å²) < 4.78 is 18.9. The van der Waals surface area contributed by atoms with Gasteiger partial charge in [0, 0.05) is 13.2 Å². The molecule has 0 spiro atoms. The van der Waals surface area contributed by atoms with Gasteiger partial charge in [-0.15, -0.1) is 0 Å². The molecule has 0 amide bonds. The van der Waals surface area contributed by atoms with Crippen LogP contribution in [0.1, 0.15) is 25.3 Å². The van der Waals surface area contributed by atoms with Crippen LogP contribution in [0.15, 0.2) is 24.3 Å². The van der Waals surface area contributed by atoms with Crippen molar-refractivity contribution in [3.8, 4) is 0 Å². The smallest absolute Gasteiger partial charge is 0.126 e. The largest absolute Gasteiger partial charge is 0.382 e. The average Bonchev–Trinajstić information content (AvgIpc) is 2.37. The fourth-order valence-corrected chi connectivity index (χ4v) is 2.16. The van der Waals surface area contributed by atoms with Crippen LogP contribution in [0.5, 0.6) is 0 Å². The maximum Gasteiger partial charge on any atom is 0.126 e. The highest BCUT2D eigenvalue weighted by molar-refractivity contribution is 5.17. The zero-order valence-corrected chi connectivity index (χ0v) is 11.4. The highest BCUT2D eigenvalue weighted by atomic mass is 19.1. The van der Waals surface area contributed by atoms with Gasteiger partial charge in [0.2, 0.25) is 0 Å². The monoisotopic (exact) mass is 253 g/mol. The van der Waals surface area contributed by atoms with Crippen LogP contribution < -0.4 is 5.32 Å². The van der Waals surface area contributed by atoms with Crippen molar-refractivity contribution in [3.05, 3.63) is 35.6 Å². The van der Waals surface area contributed by atoms with Crippen molar-refractivity contribution >= 4 is 0 Å². The lowest BCUT2D eigenvalue weighted by Gasteiger charge is -2.17. The summed E-state index contributed by atoms with van der Waals surface area (Å²) in [6.07, 6.45) is 2.89. The highest BCUT2D eigenvalue weighted by Gasteiger charge is 2.11. The molecular weight excluding hydrogens is 229 g/mol. The van der Waals surface area contributed by atoms with E-state index in [-0.39, 0.29) is 5.82 Å². The van der Waals surface area contributed by atoms with E-state index in [0.717, 1.165) is 44.6 Å². The molecule has 0 radical (unpaired) electrons. The van der Waals surface area contributed by atoms with Gasteiger partial charge in [-0.1, -0.05) is 18.2 Å². The molecule has 0 aliphatic carbocycles. The SMILES string of the molecule is CCOCCCC(CNC)Cc1ccccc1F. The Labute approximate surface area is 110 Å². The lowest BCUT2D eigenvalue weighted by atomic mass is 9.94. The first-order valence-corrected chi connectivity index (χ1v) is 6.73. The van der Waals surface area contributed by atoms with Crippen LogP contribution in [0.2, 0.25) is 0 Å². The van der Waals surface area contributed by atoms with E-state index in [9.17, 15) is 4.39 Å². The van der Waals surface area contributed by atoms with Crippen molar-refractivity contribution in [2.75, 3.05) is 26.8 Å². The van der Waals surface area contributed by atoms with Gasteiger partial charge >= 0.3 is 0 Å². The van der Waals surface area contributed by atoms with Gasteiger partial charge in [0.25, 0.3) is 0 Å². The lowest BCUT2D eigenvalue weighted by Crippen LogP contribution is -2.21. The molecule has 2 nitrogen and oxygen atoms in total. The van der Waals surface area contributed by atoms with Crippen LogP contribution in [0.4, 0.5) is 4.39 Å². The van der Waals surface area contributed by atoms with Crippen molar-refractivity contribution in [2.24, 2.45) is 5.92 Å². The molecule has 18 heavy (non-hydrogen) atoms. The van der Waals surface area contributed by atoms with E-state index in [4.69, 9.17) is 4.74 Å². The zero-order chi connectivity index (χ0) is 13.2. The molecule has 1 atom stereocenters. The Morgan fingerprint density at radius 1 is 1.33 bits per heavy atom. The maximum absolute atomic E-state index is 13.6. The van der Waals surface area contributed by atoms with Crippen molar-refractivity contribution in [3.63, 3.8) is 0 Å². The van der Waals surface area contributed by atoms with Crippen molar-refractivity contribution in [1.82, 2.24) is 5.32 Å². The van der Waals surface area contributed by atoms with Crippen LogP contribution in [0, 0.1) is 11.7 Å². The van der Waals surface area contributed by atoms with Gasteiger partial charge in [0.05, 0.1) is 0 Å². The minimum absolute atomic E-state index is 0.0941. The Morgan fingerprint density at radius 3 is 2.78 bits per heavy atom. The van der Waals surface area contributed by atoms with Gasteiger partial charge in [0.15, 0.2) is 0 Å². The van der Waals surface area contributed by atoms with Crippen LogP contribution >= 0.6 is 0 Å². The van der Waals surface area contributed by atoms with Gasteiger partial charge in [-0.25, -0.2) is 4.39 Å². The molecule has 1 unspecified atom stereocenters. The molecule has 102 valence electrons. The van der Waals surface area contributed by atoms with E-state index in [1.54, 1.807) is 6.07 Å². The van der Waals surface area contributed by atoms with Gasteiger partial charge in [-0.2, -0.15) is 0 Å². The summed E-state index contributed by atoms with van der Waals surface area (Å²) in [6, 6.07) is 7.04. The first kappa shape index (κ1) is 15.1. The molecule has 0 bridgehead atoms. The Kier molecular flexibility index (Phi) is 7.62. The summed E-state index contributed by atoms with van der Waals surface area (Å²) in [6.45, 7) is 4.49. The Bertz CT molecular complexity index is 330. The highest BCUT2D eigenvalue weighted by Crippen LogP contribution is 2.16. The summed E-state index contributed by atoms with van der Waals surface area (Å²) >= 11 is 0. The molecule has 1 rings (SSSR count). The summed E-state index contributed by atoms with van der Waals surface area (Å²) in [7, 11) is 1.94.